The van der Waals surface area contributed by atoms with E-state index in [0.29, 0.717) is 25.7 Å². The van der Waals surface area contributed by atoms with Gasteiger partial charge in [-0.3, -0.25) is 37.3 Å². The van der Waals surface area contributed by atoms with Crippen LogP contribution in [0.25, 0.3) is 0 Å². The van der Waals surface area contributed by atoms with Crippen molar-refractivity contribution in [1.82, 2.24) is 0 Å². The van der Waals surface area contributed by atoms with Crippen LogP contribution in [0.15, 0.2) is 0 Å². The van der Waals surface area contributed by atoms with E-state index in [9.17, 15) is 43.2 Å². The average Bonchev–Trinajstić information content (AvgIpc) is 0.954. The molecule has 0 aliphatic heterocycles. The molecule has 0 radical (unpaired) electrons. The first-order chi connectivity index (χ1) is 48.5. The first-order valence-electron chi connectivity index (χ1n) is 42.1. The van der Waals surface area contributed by atoms with Crippen molar-refractivity contribution in [2.75, 3.05) is 39.6 Å². The first-order valence-corrected chi connectivity index (χ1v) is 45.1. The van der Waals surface area contributed by atoms with Gasteiger partial charge in [0.1, 0.15) is 19.3 Å². The molecule has 19 heteroatoms. The molecule has 0 bridgehead atoms. The Balaban J connectivity index is 5.20. The lowest BCUT2D eigenvalue weighted by atomic mass is 10.0. The number of hydrogen-bond donors (Lipinski definition) is 3. The zero-order valence-corrected chi connectivity index (χ0v) is 67.1. The van der Waals surface area contributed by atoms with Crippen LogP contribution >= 0.6 is 15.6 Å². The quantitative estimate of drug-likeness (QED) is 0.0222. The molecule has 0 spiro atoms. The van der Waals surface area contributed by atoms with E-state index < -0.39 is 97.5 Å². The largest absolute Gasteiger partial charge is 0.472 e. The molecule has 0 rings (SSSR count). The molecule has 0 aromatic heterocycles. The number of unbranched alkanes of at least 4 members (excludes halogenated alkanes) is 53. The third-order valence-electron chi connectivity index (χ3n) is 19.0. The summed E-state index contributed by atoms with van der Waals surface area (Å²) in [6, 6.07) is 0. The summed E-state index contributed by atoms with van der Waals surface area (Å²) in [5, 5.41) is 10.6. The van der Waals surface area contributed by atoms with Gasteiger partial charge in [-0.1, -0.05) is 381 Å². The molecule has 100 heavy (non-hydrogen) atoms. The fraction of sp³-hybridized carbons (Fsp3) is 0.951. The molecule has 17 nitrogen and oxygen atoms in total. The molecule has 0 aliphatic rings. The zero-order chi connectivity index (χ0) is 73.4. The fourth-order valence-corrected chi connectivity index (χ4v) is 14.2. The number of esters is 4. The highest BCUT2D eigenvalue weighted by Gasteiger charge is 2.30. The van der Waals surface area contributed by atoms with Crippen molar-refractivity contribution in [2.45, 2.75) is 451 Å². The summed E-state index contributed by atoms with van der Waals surface area (Å²) in [6.45, 7) is 7.34. The normalized spacial score (nSPS) is 13.8. The lowest BCUT2D eigenvalue weighted by molar-refractivity contribution is -0.161. The molecule has 0 aliphatic carbocycles. The SMILES string of the molecule is CCCCCCCCCCCCCCCCCCCCCCC(=O)O[C@H](COC(=O)CCCCCCCCCCCCCCCCCCC(C)C)COP(=O)(O)OC[C@@H](O)COP(=O)(O)OC[C@@H](COC(=O)CCCCCCCCCCC)OC(=O)CCCCCCCCCCCCCC. The second kappa shape index (κ2) is 73.9. The Morgan fingerprint density at radius 1 is 0.270 bits per heavy atom. The highest BCUT2D eigenvalue weighted by Crippen LogP contribution is 2.45. The monoisotopic (exact) mass is 1470 g/mol. The third kappa shape index (κ3) is 74.3. The van der Waals surface area contributed by atoms with Gasteiger partial charge in [0.05, 0.1) is 26.4 Å². The molecule has 0 aromatic rings. The number of hydrogen-bond acceptors (Lipinski definition) is 15. The summed E-state index contributed by atoms with van der Waals surface area (Å²) in [7, 11) is -9.91. The van der Waals surface area contributed by atoms with E-state index in [1.807, 2.05) is 0 Å². The Morgan fingerprint density at radius 3 is 0.680 bits per heavy atom. The van der Waals surface area contributed by atoms with Crippen LogP contribution in [0.5, 0.6) is 0 Å². The standard InChI is InChI=1S/C81H158O17P2/c1-6-9-12-15-18-21-23-25-26-27-28-29-30-35-38-42-47-52-57-62-67-81(86)98-77(71-92-79(84)65-60-55-50-45-41-37-34-32-31-33-36-39-44-48-53-58-63-74(4)5)73-96-100(89,90)94-69-75(82)68-93-99(87,88)95-72-76(70-91-78(83)64-59-54-49-43-20-17-14-11-8-3)97-80(85)66-61-56-51-46-40-24-22-19-16-13-10-7-2/h74-77,82H,6-73H2,1-5H3,(H,87,88)(H,89,90)/t75-,76+,77+/m0/s1. The maximum absolute atomic E-state index is 13.1. The van der Waals surface area contributed by atoms with Crippen LogP contribution < -0.4 is 0 Å². The minimum Gasteiger partial charge on any atom is -0.462 e. The van der Waals surface area contributed by atoms with Gasteiger partial charge in [-0.25, -0.2) is 9.13 Å². The van der Waals surface area contributed by atoms with E-state index >= 15 is 0 Å². The van der Waals surface area contributed by atoms with Crippen LogP contribution in [-0.2, 0) is 65.4 Å². The van der Waals surface area contributed by atoms with E-state index in [0.717, 1.165) is 95.8 Å². The van der Waals surface area contributed by atoms with Gasteiger partial charge in [0.15, 0.2) is 12.2 Å². The highest BCUT2D eigenvalue weighted by molar-refractivity contribution is 7.47. The Kier molecular flexibility index (Phi) is 72.5. The van der Waals surface area contributed by atoms with E-state index in [1.54, 1.807) is 0 Å². The molecule has 0 saturated carbocycles. The van der Waals surface area contributed by atoms with Crippen LogP contribution in [0.3, 0.4) is 0 Å². The van der Waals surface area contributed by atoms with Gasteiger partial charge in [-0.15, -0.1) is 0 Å². The zero-order valence-electron chi connectivity index (χ0n) is 65.3. The van der Waals surface area contributed by atoms with Crippen molar-refractivity contribution < 1.29 is 80.2 Å². The van der Waals surface area contributed by atoms with Gasteiger partial charge in [-0.2, -0.15) is 0 Å². The predicted octanol–water partition coefficient (Wildman–Crippen LogP) is 24.4. The summed E-state index contributed by atoms with van der Waals surface area (Å²) in [5.74, 6) is -1.29. The molecule has 0 fully saturated rings. The van der Waals surface area contributed by atoms with E-state index in [-0.39, 0.29) is 25.7 Å². The van der Waals surface area contributed by atoms with Crippen molar-refractivity contribution in [2.24, 2.45) is 5.92 Å². The number of aliphatic hydroxyl groups excluding tert-OH is 1. The van der Waals surface area contributed by atoms with Crippen LogP contribution in [0.2, 0.25) is 0 Å². The summed E-state index contributed by atoms with van der Waals surface area (Å²) in [6.07, 6.45) is 65.3. The molecular formula is C81H158O17P2. The Morgan fingerprint density at radius 2 is 0.460 bits per heavy atom. The highest BCUT2D eigenvalue weighted by atomic mass is 31.2. The van der Waals surface area contributed by atoms with Gasteiger partial charge in [0.2, 0.25) is 0 Å². The van der Waals surface area contributed by atoms with Crippen molar-refractivity contribution in [1.29, 1.82) is 0 Å². The summed E-state index contributed by atoms with van der Waals surface area (Å²) >= 11 is 0. The van der Waals surface area contributed by atoms with Gasteiger partial charge >= 0.3 is 39.5 Å². The first kappa shape index (κ1) is 98.1. The van der Waals surface area contributed by atoms with E-state index in [4.69, 9.17) is 37.0 Å². The minimum absolute atomic E-state index is 0.108. The van der Waals surface area contributed by atoms with Crippen LogP contribution in [0.4, 0.5) is 0 Å². The lowest BCUT2D eigenvalue weighted by Crippen LogP contribution is -2.30. The Labute approximate surface area is 613 Å². The summed E-state index contributed by atoms with van der Waals surface area (Å²) in [5.41, 5.74) is 0. The van der Waals surface area contributed by atoms with E-state index in [1.165, 1.54) is 257 Å². The molecule has 3 N–H and O–H groups in total. The van der Waals surface area contributed by atoms with Gasteiger partial charge in [-0.05, 0) is 31.6 Å². The number of carbonyl (C=O) groups excluding carboxylic acids is 4. The lowest BCUT2D eigenvalue weighted by Gasteiger charge is -2.21. The number of aliphatic hydroxyl groups is 1. The third-order valence-corrected chi connectivity index (χ3v) is 20.9. The topological polar surface area (TPSA) is 237 Å². The second-order valence-corrected chi connectivity index (χ2v) is 32.5. The predicted molar refractivity (Wildman–Crippen MR) is 409 cm³/mol. The number of ether oxygens (including phenoxy) is 4. The minimum atomic E-state index is -4.96. The van der Waals surface area contributed by atoms with Gasteiger partial charge in [0.25, 0.3) is 0 Å². The molecular weight excluding hydrogens is 1310 g/mol. The number of phosphoric ester groups is 2. The molecule has 594 valence electrons. The smallest absolute Gasteiger partial charge is 0.462 e. The fourth-order valence-electron chi connectivity index (χ4n) is 12.6. The van der Waals surface area contributed by atoms with Crippen molar-refractivity contribution in [3.63, 3.8) is 0 Å². The summed E-state index contributed by atoms with van der Waals surface area (Å²) < 4.78 is 68.6. The number of phosphoric acid groups is 2. The molecule has 0 amide bonds. The molecule has 0 aromatic carbocycles. The van der Waals surface area contributed by atoms with E-state index in [2.05, 4.69) is 34.6 Å². The molecule has 2 unspecified atom stereocenters. The van der Waals surface area contributed by atoms with Gasteiger partial charge in [0, 0.05) is 25.7 Å². The number of rotatable bonds is 81. The summed E-state index contributed by atoms with van der Waals surface area (Å²) in [4.78, 5) is 72.9. The Hall–Kier alpha value is -1.94. The molecule has 0 saturated heterocycles. The maximum atomic E-state index is 13.1. The number of carbonyl (C=O) groups is 4. The van der Waals surface area contributed by atoms with Crippen LogP contribution in [0.1, 0.15) is 433 Å². The van der Waals surface area contributed by atoms with Crippen molar-refractivity contribution in [3.05, 3.63) is 0 Å². The van der Waals surface area contributed by atoms with Crippen LogP contribution in [-0.4, -0.2) is 96.7 Å². The van der Waals surface area contributed by atoms with Crippen molar-refractivity contribution >= 4 is 39.5 Å². The maximum Gasteiger partial charge on any atom is 0.472 e. The van der Waals surface area contributed by atoms with Crippen LogP contribution in [0, 0.1) is 5.92 Å². The molecule has 5 atom stereocenters. The van der Waals surface area contributed by atoms with Gasteiger partial charge < -0.3 is 33.8 Å². The van der Waals surface area contributed by atoms with Crippen molar-refractivity contribution in [3.8, 4) is 0 Å². The Bertz CT molecular complexity index is 1910. The average molecular weight is 1470 g/mol. The second-order valence-electron chi connectivity index (χ2n) is 29.6. The molecule has 0 heterocycles.